The van der Waals surface area contributed by atoms with Gasteiger partial charge in [0.15, 0.2) is 0 Å². The van der Waals surface area contributed by atoms with Crippen LogP contribution in [0.15, 0.2) is 66.7 Å². The number of H-pyrrole nitrogens is 1. The molecule has 2 N–H and O–H groups in total. The zero-order chi connectivity index (χ0) is 22.8. The molecule has 0 amide bonds. The monoisotopic (exact) mass is 461 g/mol. The topological polar surface area (TPSA) is 78.4 Å². The van der Waals surface area contributed by atoms with E-state index in [0.29, 0.717) is 11.3 Å². The Bertz CT molecular complexity index is 1270. The minimum absolute atomic E-state index is 0.151. The number of carbonyl (C=O) groups is 1. The van der Waals surface area contributed by atoms with Crippen molar-refractivity contribution in [2.24, 2.45) is 0 Å². The minimum atomic E-state index is -0.961. The molecule has 4 aromatic rings. The molecular weight excluding hydrogens is 438 g/mol. The molecule has 1 aliphatic rings. The van der Waals surface area contributed by atoms with Gasteiger partial charge in [-0.1, -0.05) is 23.7 Å². The first-order valence-corrected chi connectivity index (χ1v) is 11.4. The lowest BCUT2D eigenvalue weighted by Gasteiger charge is -2.33. The van der Waals surface area contributed by atoms with E-state index in [0.717, 1.165) is 54.3 Å². The van der Waals surface area contributed by atoms with Crippen molar-refractivity contribution in [2.45, 2.75) is 25.5 Å². The second-order valence-electron chi connectivity index (χ2n) is 8.39. The number of hydrogen-bond acceptors (Lipinski definition) is 4. The average Bonchev–Trinajstić information content (AvgIpc) is 3.25. The van der Waals surface area contributed by atoms with E-state index in [1.54, 1.807) is 18.2 Å². The van der Waals surface area contributed by atoms with Crippen molar-refractivity contribution in [3.05, 3.63) is 82.9 Å². The maximum atomic E-state index is 11.2. The number of piperidine rings is 1. The summed E-state index contributed by atoms with van der Waals surface area (Å²) in [7, 11) is 0. The molecule has 1 aromatic heterocycles. The van der Waals surface area contributed by atoms with Gasteiger partial charge in [-0.05, 0) is 79.5 Å². The number of carboxylic acid groups (broad SMARTS) is 1. The number of nitrogens with one attached hydrogen (secondary N) is 1. The molecule has 3 aromatic carbocycles. The van der Waals surface area contributed by atoms with Gasteiger partial charge in [0.25, 0.3) is 0 Å². The van der Waals surface area contributed by atoms with Crippen molar-refractivity contribution in [3.63, 3.8) is 0 Å². The Morgan fingerprint density at radius 2 is 1.91 bits per heavy atom. The van der Waals surface area contributed by atoms with E-state index < -0.39 is 5.97 Å². The smallest absolute Gasteiger partial charge is 0.335 e. The van der Waals surface area contributed by atoms with Gasteiger partial charge < -0.3 is 14.8 Å². The third-order valence-corrected chi connectivity index (χ3v) is 6.19. The highest BCUT2D eigenvalue weighted by atomic mass is 35.5. The van der Waals surface area contributed by atoms with Gasteiger partial charge in [0, 0.05) is 23.7 Å². The fourth-order valence-electron chi connectivity index (χ4n) is 4.26. The fourth-order valence-corrected chi connectivity index (χ4v) is 4.39. The predicted molar refractivity (Wildman–Crippen MR) is 129 cm³/mol. The second-order valence-corrected chi connectivity index (χ2v) is 8.83. The van der Waals surface area contributed by atoms with Crippen molar-refractivity contribution < 1.29 is 14.6 Å². The number of aromatic amines is 1. The molecule has 1 aliphatic heterocycles. The predicted octanol–water partition coefficient (Wildman–Crippen LogP) is 5.62. The summed E-state index contributed by atoms with van der Waals surface area (Å²) in [5.74, 6) is 0.574. The number of carboxylic acids is 1. The Morgan fingerprint density at radius 3 is 2.67 bits per heavy atom. The molecule has 168 valence electrons. The van der Waals surface area contributed by atoms with Crippen LogP contribution >= 0.6 is 11.6 Å². The Kier molecular flexibility index (Phi) is 6.03. The van der Waals surface area contributed by atoms with Crippen LogP contribution in [-0.2, 0) is 6.54 Å². The highest BCUT2D eigenvalue weighted by Crippen LogP contribution is 2.25. The molecule has 0 bridgehead atoms. The van der Waals surface area contributed by atoms with E-state index in [9.17, 15) is 9.90 Å². The lowest BCUT2D eigenvalue weighted by Crippen LogP contribution is -2.40. The van der Waals surface area contributed by atoms with Gasteiger partial charge in [0.2, 0.25) is 0 Å². The number of nitrogens with zero attached hydrogens (tertiary/aromatic N) is 2. The number of benzene rings is 3. The third-order valence-electron chi connectivity index (χ3n) is 5.94. The highest BCUT2D eigenvalue weighted by molar-refractivity contribution is 6.30. The van der Waals surface area contributed by atoms with Crippen LogP contribution in [0.25, 0.3) is 22.4 Å². The molecule has 33 heavy (non-hydrogen) atoms. The fraction of sp³-hybridized carbons (Fsp3) is 0.231. The molecule has 0 radical (unpaired) electrons. The van der Waals surface area contributed by atoms with Crippen LogP contribution < -0.4 is 4.74 Å². The van der Waals surface area contributed by atoms with Crippen molar-refractivity contribution in [1.29, 1.82) is 0 Å². The maximum absolute atomic E-state index is 11.2. The molecule has 1 fully saturated rings. The second kappa shape index (κ2) is 9.25. The lowest BCUT2D eigenvalue weighted by molar-refractivity contribution is 0.0697. The van der Waals surface area contributed by atoms with Crippen molar-refractivity contribution in [3.8, 4) is 17.1 Å². The summed E-state index contributed by atoms with van der Waals surface area (Å²) in [6.45, 7) is 2.85. The average molecular weight is 462 g/mol. The first-order valence-electron chi connectivity index (χ1n) is 11.0. The SMILES string of the molecule is O=C(O)c1ccc2[nH]c(-c3ccc(OC4CCCN(Cc5ccc(Cl)cc5)C4)cc3)nc2c1. The van der Waals surface area contributed by atoms with Crippen LogP contribution in [0.4, 0.5) is 0 Å². The number of hydrogen-bond donors (Lipinski definition) is 2. The van der Waals surface area contributed by atoms with Gasteiger partial charge in [-0.25, -0.2) is 9.78 Å². The van der Waals surface area contributed by atoms with E-state index in [4.69, 9.17) is 16.3 Å². The van der Waals surface area contributed by atoms with Gasteiger partial charge in [0.05, 0.1) is 16.6 Å². The Hall–Kier alpha value is -3.35. The van der Waals surface area contributed by atoms with E-state index in [1.165, 1.54) is 5.56 Å². The standard InChI is InChI=1S/C26H24ClN3O3/c27-20-8-3-17(4-9-20)15-30-13-1-2-22(16-30)33-21-10-5-18(6-11-21)25-28-23-12-7-19(26(31)32)14-24(23)29-25/h3-12,14,22H,1-2,13,15-16H2,(H,28,29)(H,31,32). The maximum Gasteiger partial charge on any atom is 0.335 e. The van der Waals surface area contributed by atoms with E-state index >= 15 is 0 Å². The number of fused-ring (bicyclic) bond motifs is 1. The number of ether oxygens (including phenoxy) is 1. The quantitative estimate of drug-likeness (QED) is 0.389. The minimum Gasteiger partial charge on any atom is -0.489 e. The van der Waals surface area contributed by atoms with E-state index in [-0.39, 0.29) is 11.7 Å². The summed E-state index contributed by atoms with van der Waals surface area (Å²) in [4.78, 5) is 21.4. The molecule has 7 heteroatoms. The number of rotatable bonds is 6. The molecule has 0 spiro atoms. The summed E-state index contributed by atoms with van der Waals surface area (Å²) in [5.41, 5.74) is 3.84. The molecule has 2 heterocycles. The highest BCUT2D eigenvalue weighted by Gasteiger charge is 2.21. The number of halogens is 1. The summed E-state index contributed by atoms with van der Waals surface area (Å²) in [6, 6.07) is 20.8. The van der Waals surface area contributed by atoms with Crippen LogP contribution in [-0.4, -0.2) is 45.1 Å². The summed E-state index contributed by atoms with van der Waals surface area (Å²) in [6.07, 6.45) is 2.29. The van der Waals surface area contributed by atoms with Crippen LogP contribution in [0.5, 0.6) is 5.75 Å². The normalized spacial score (nSPS) is 16.7. The summed E-state index contributed by atoms with van der Waals surface area (Å²) >= 11 is 6.00. The molecule has 1 atom stereocenters. The molecular formula is C26H24ClN3O3. The summed E-state index contributed by atoms with van der Waals surface area (Å²) < 4.78 is 6.28. The van der Waals surface area contributed by atoms with Crippen molar-refractivity contribution in [1.82, 2.24) is 14.9 Å². The van der Waals surface area contributed by atoms with Crippen LogP contribution in [0.2, 0.25) is 5.02 Å². The van der Waals surface area contributed by atoms with Gasteiger partial charge in [-0.15, -0.1) is 0 Å². The van der Waals surface area contributed by atoms with E-state index in [2.05, 4.69) is 27.0 Å². The van der Waals surface area contributed by atoms with Crippen molar-refractivity contribution >= 4 is 28.6 Å². The Balaban J connectivity index is 1.23. The van der Waals surface area contributed by atoms with Crippen LogP contribution in [0, 0.1) is 0 Å². The van der Waals surface area contributed by atoms with Crippen LogP contribution in [0.1, 0.15) is 28.8 Å². The zero-order valence-electron chi connectivity index (χ0n) is 18.0. The molecule has 5 rings (SSSR count). The molecule has 0 saturated carbocycles. The molecule has 1 unspecified atom stereocenters. The van der Waals surface area contributed by atoms with Crippen LogP contribution in [0.3, 0.4) is 0 Å². The number of imidazole rings is 1. The summed E-state index contributed by atoms with van der Waals surface area (Å²) in [5, 5.41) is 9.93. The number of likely N-dealkylation sites (tertiary alicyclic amines) is 1. The lowest BCUT2D eigenvalue weighted by atomic mass is 10.1. The zero-order valence-corrected chi connectivity index (χ0v) is 18.8. The Morgan fingerprint density at radius 1 is 1.12 bits per heavy atom. The van der Waals surface area contributed by atoms with Gasteiger partial charge in [-0.2, -0.15) is 0 Å². The Labute approximate surface area is 196 Å². The number of aromatic carboxylic acids is 1. The van der Waals surface area contributed by atoms with Gasteiger partial charge >= 0.3 is 5.97 Å². The largest absolute Gasteiger partial charge is 0.489 e. The third kappa shape index (κ3) is 5.02. The van der Waals surface area contributed by atoms with Gasteiger partial charge in [-0.3, -0.25) is 4.90 Å². The first kappa shape index (κ1) is 21.5. The molecule has 0 aliphatic carbocycles. The van der Waals surface area contributed by atoms with Gasteiger partial charge in [0.1, 0.15) is 17.7 Å². The van der Waals surface area contributed by atoms with Crippen molar-refractivity contribution in [2.75, 3.05) is 13.1 Å². The first-order chi connectivity index (χ1) is 16.0. The molecule has 6 nitrogen and oxygen atoms in total. The number of aromatic nitrogens is 2. The molecule has 1 saturated heterocycles. The van der Waals surface area contributed by atoms with E-state index in [1.807, 2.05) is 36.4 Å².